The van der Waals surface area contributed by atoms with Crippen LogP contribution in [0.3, 0.4) is 0 Å². The minimum Gasteiger partial charge on any atom is -0.331 e. The second kappa shape index (κ2) is 6.55. The Morgan fingerprint density at radius 2 is 2.04 bits per heavy atom. The van der Waals surface area contributed by atoms with Crippen LogP contribution in [0.15, 0.2) is 18.2 Å². The van der Waals surface area contributed by atoms with Gasteiger partial charge in [0.1, 0.15) is 18.0 Å². The van der Waals surface area contributed by atoms with Crippen LogP contribution < -0.4 is 0 Å². The Hall–Kier alpha value is -2.12. The van der Waals surface area contributed by atoms with Gasteiger partial charge >= 0.3 is 0 Å². The molecule has 4 heteroatoms. The summed E-state index contributed by atoms with van der Waals surface area (Å²) < 4.78 is 2.11. The number of piperidine rings is 1. The lowest BCUT2D eigenvalue weighted by Crippen LogP contribution is -2.39. The van der Waals surface area contributed by atoms with Gasteiger partial charge in [-0.05, 0) is 63.5 Å². The smallest absolute Gasteiger partial charge is 0.150 e. The number of aryl methyl sites for hydroxylation is 1. The van der Waals surface area contributed by atoms with Crippen molar-refractivity contribution in [3.8, 4) is 6.07 Å². The molecule has 1 aliphatic heterocycles. The number of benzene rings is 1. The number of hydrogen-bond acceptors (Lipinski definition) is 3. The highest BCUT2D eigenvalue weighted by atomic mass is 16.1. The quantitative estimate of drug-likeness (QED) is 0.812. The van der Waals surface area contributed by atoms with Crippen molar-refractivity contribution in [2.45, 2.75) is 45.7 Å². The first-order chi connectivity index (χ1) is 11.2. The molecule has 1 saturated heterocycles. The number of nitriles is 1. The third kappa shape index (κ3) is 2.89. The summed E-state index contributed by atoms with van der Waals surface area (Å²) in [7, 11) is 0. The molecular formula is C19H23N3O. The lowest BCUT2D eigenvalue weighted by molar-refractivity contribution is 0.112. The van der Waals surface area contributed by atoms with Crippen molar-refractivity contribution in [3.05, 3.63) is 35.0 Å². The van der Waals surface area contributed by atoms with Gasteiger partial charge in [0, 0.05) is 29.1 Å². The molecule has 3 rings (SSSR count). The van der Waals surface area contributed by atoms with Crippen LogP contribution in [0, 0.1) is 18.3 Å². The third-order valence-electron chi connectivity index (χ3n) is 5.10. The van der Waals surface area contributed by atoms with Crippen molar-refractivity contribution < 1.29 is 4.79 Å². The van der Waals surface area contributed by atoms with Gasteiger partial charge in [0.25, 0.3) is 0 Å². The first kappa shape index (κ1) is 15.8. The molecule has 0 N–H and O–H groups in total. The monoisotopic (exact) mass is 309 g/mol. The second-order valence-electron chi connectivity index (χ2n) is 6.53. The van der Waals surface area contributed by atoms with Crippen LogP contribution in [0.2, 0.25) is 0 Å². The minimum atomic E-state index is 0.407. The van der Waals surface area contributed by atoms with Gasteiger partial charge in [-0.15, -0.1) is 0 Å². The van der Waals surface area contributed by atoms with E-state index in [9.17, 15) is 10.1 Å². The number of likely N-dealkylation sites (tertiary alicyclic amines) is 1. The molecule has 4 nitrogen and oxygen atoms in total. The van der Waals surface area contributed by atoms with E-state index in [0.29, 0.717) is 17.3 Å². The Morgan fingerprint density at radius 3 is 2.70 bits per heavy atom. The average Bonchev–Trinajstić information content (AvgIpc) is 2.94. The summed E-state index contributed by atoms with van der Waals surface area (Å²) in [6.45, 7) is 7.30. The number of nitrogens with zero attached hydrogens (tertiary/aromatic N) is 3. The SMILES string of the molecule is Cc1c(C=O)ccc2c1cc(C#N)n2CC(C)N1CCCCC1. The maximum absolute atomic E-state index is 11.1. The summed E-state index contributed by atoms with van der Waals surface area (Å²) in [6.07, 6.45) is 4.74. The van der Waals surface area contributed by atoms with Crippen molar-refractivity contribution in [3.63, 3.8) is 0 Å². The highest BCUT2D eigenvalue weighted by Crippen LogP contribution is 2.26. The number of aldehydes is 1. The van der Waals surface area contributed by atoms with E-state index in [4.69, 9.17) is 0 Å². The van der Waals surface area contributed by atoms with Crippen molar-refractivity contribution in [1.82, 2.24) is 9.47 Å². The number of fused-ring (bicyclic) bond motifs is 1. The summed E-state index contributed by atoms with van der Waals surface area (Å²) in [5.41, 5.74) is 3.38. The largest absolute Gasteiger partial charge is 0.331 e. The van der Waals surface area contributed by atoms with E-state index in [1.807, 2.05) is 25.1 Å². The van der Waals surface area contributed by atoms with E-state index in [1.54, 1.807) is 0 Å². The van der Waals surface area contributed by atoms with E-state index >= 15 is 0 Å². The summed E-state index contributed by atoms with van der Waals surface area (Å²) in [6, 6.07) is 8.46. The van der Waals surface area contributed by atoms with Crippen LogP contribution >= 0.6 is 0 Å². The maximum atomic E-state index is 11.1. The Balaban J connectivity index is 1.97. The van der Waals surface area contributed by atoms with Gasteiger partial charge in [-0.3, -0.25) is 9.69 Å². The number of carbonyl (C=O) groups excluding carboxylic acids is 1. The fourth-order valence-electron chi connectivity index (χ4n) is 3.65. The molecule has 23 heavy (non-hydrogen) atoms. The first-order valence-corrected chi connectivity index (χ1v) is 8.38. The van der Waals surface area contributed by atoms with Crippen molar-refractivity contribution in [1.29, 1.82) is 5.26 Å². The number of rotatable bonds is 4. The standard InChI is InChI=1S/C19H23N3O/c1-14(21-8-4-3-5-9-21)12-22-17(11-20)10-18-15(2)16(13-23)6-7-19(18)22/h6-7,10,13-14H,3-5,8-9,12H2,1-2H3. The maximum Gasteiger partial charge on any atom is 0.150 e. The van der Waals surface area contributed by atoms with Gasteiger partial charge in [0.2, 0.25) is 0 Å². The molecule has 1 aromatic carbocycles. The Bertz CT molecular complexity index is 763. The minimum absolute atomic E-state index is 0.407. The van der Waals surface area contributed by atoms with Crippen molar-refractivity contribution in [2.75, 3.05) is 13.1 Å². The molecule has 2 aromatic rings. The van der Waals surface area contributed by atoms with Crippen LogP contribution in [0.1, 0.15) is 47.8 Å². The number of aromatic nitrogens is 1. The van der Waals surface area contributed by atoms with Crippen LogP contribution in [0.5, 0.6) is 0 Å². The highest BCUT2D eigenvalue weighted by Gasteiger charge is 2.20. The van der Waals surface area contributed by atoms with Crippen molar-refractivity contribution in [2.24, 2.45) is 0 Å². The van der Waals surface area contributed by atoms with E-state index in [-0.39, 0.29) is 0 Å². The molecular weight excluding hydrogens is 286 g/mol. The zero-order chi connectivity index (χ0) is 16.4. The zero-order valence-corrected chi connectivity index (χ0v) is 13.9. The summed E-state index contributed by atoms with van der Waals surface area (Å²) in [5, 5.41) is 10.5. The van der Waals surface area contributed by atoms with Gasteiger partial charge in [-0.25, -0.2) is 0 Å². The lowest BCUT2D eigenvalue weighted by atomic mass is 10.1. The average molecular weight is 309 g/mol. The van der Waals surface area contributed by atoms with Gasteiger partial charge in [-0.2, -0.15) is 5.26 Å². The molecule has 1 aromatic heterocycles. The summed E-state index contributed by atoms with van der Waals surface area (Å²) >= 11 is 0. The third-order valence-corrected chi connectivity index (χ3v) is 5.10. The fourth-order valence-corrected chi connectivity index (χ4v) is 3.65. The van der Waals surface area contributed by atoms with Crippen LogP contribution in [0.4, 0.5) is 0 Å². The van der Waals surface area contributed by atoms with Gasteiger partial charge in [0.15, 0.2) is 0 Å². The van der Waals surface area contributed by atoms with Crippen molar-refractivity contribution >= 4 is 17.2 Å². The number of carbonyl (C=O) groups is 1. The van der Waals surface area contributed by atoms with Gasteiger partial charge in [0.05, 0.1) is 0 Å². The molecule has 0 aliphatic carbocycles. The molecule has 0 bridgehead atoms. The lowest BCUT2D eigenvalue weighted by Gasteiger charge is -2.32. The van der Waals surface area contributed by atoms with E-state index in [1.165, 1.54) is 19.3 Å². The molecule has 0 amide bonds. The molecule has 120 valence electrons. The fraction of sp³-hybridized carbons (Fsp3) is 0.474. The van der Waals surface area contributed by atoms with Crippen LogP contribution in [0.25, 0.3) is 10.9 Å². The molecule has 1 fully saturated rings. The first-order valence-electron chi connectivity index (χ1n) is 8.38. The van der Waals surface area contributed by atoms with E-state index in [2.05, 4.69) is 22.5 Å². The molecule has 0 saturated carbocycles. The Morgan fingerprint density at radius 1 is 1.30 bits per heavy atom. The van der Waals surface area contributed by atoms with Gasteiger partial charge in [-0.1, -0.05) is 6.42 Å². The molecule has 2 heterocycles. The zero-order valence-electron chi connectivity index (χ0n) is 13.9. The molecule has 1 aliphatic rings. The molecule has 0 spiro atoms. The Labute approximate surface area is 137 Å². The molecule has 1 unspecified atom stereocenters. The summed E-state index contributed by atoms with van der Waals surface area (Å²) in [4.78, 5) is 13.7. The highest BCUT2D eigenvalue weighted by molar-refractivity contribution is 5.92. The predicted molar refractivity (Wildman–Crippen MR) is 91.7 cm³/mol. The number of hydrogen-bond donors (Lipinski definition) is 0. The van der Waals surface area contributed by atoms with Gasteiger partial charge < -0.3 is 4.57 Å². The molecule has 1 atom stereocenters. The summed E-state index contributed by atoms with van der Waals surface area (Å²) in [5.74, 6) is 0. The van der Waals surface area contributed by atoms with Crippen LogP contribution in [-0.2, 0) is 6.54 Å². The normalized spacial score (nSPS) is 17.1. The second-order valence-corrected chi connectivity index (χ2v) is 6.53. The van der Waals surface area contributed by atoms with E-state index in [0.717, 1.165) is 42.4 Å². The Kier molecular flexibility index (Phi) is 4.49. The van der Waals surface area contributed by atoms with Crippen LogP contribution in [-0.4, -0.2) is 34.9 Å². The predicted octanol–water partition coefficient (Wildman–Crippen LogP) is 3.51. The topological polar surface area (TPSA) is 49.0 Å². The van der Waals surface area contributed by atoms with E-state index < -0.39 is 0 Å². The molecule has 0 radical (unpaired) electrons.